The predicted octanol–water partition coefficient (Wildman–Crippen LogP) is 6.38. The van der Waals surface area contributed by atoms with Gasteiger partial charge in [-0.2, -0.15) is 0 Å². The molecule has 0 aliphatic carbocycles. The van der Waals surface area contributed by atoms with Gasteiger partial charge in [-0.05, 0) is 6.42 Å². The topological polar surface area (TPSA) is 46.5 Å². The van der Waals surface area contributed by atoms with Crippen molar-refractivity contribution in [3.05, 3.63) is 0 Å². The van der Waals surface area contributed by atoms with Gasteiger partial charge in [-0.25, -0.2) is 0 Å². The average molecular weight is 393 g/mol. The Hall–Kier alpha value is 0.110. The maximum Gasteiger partial charge on any atom is 0.328 e. The minimum absolute atomic E-state index is 0.308. The van der Waals surface area contributed by atoms with Crippen molar-refractivity contribution in [3.63, 3.8) is 0 Å². The summed E-state index contributed by atoms with van der Waals surface area (Å²) in [5.41, 5.74) is 0. The molecule has 0 spiro atoms. The van der Waals surface area contributed by atoms with Crippen LogP contribution < -0.4 is 0 Å². The smallest absolute Gasteiger partial charge is 0.328 e. The summed E-state index contributed by atoms with van der Waals surface area (Å²) < 4.78 is 17.9. The summed E-state index contributed by atoms with van der Waals surface area (Å²) in [7, 11) is 2.79. The molecule has 26 heavy (non-hydrogen) atoms. The van der Waals surface area contributed by atoms with E-state index < -0.39 is 7.60 Å². The zero-order valence-corrected chi connectivity index (χ0v) is 19.1. The van der Waals surface area contributed by atoms with Gasteiger partial charge in [-0.3, -0.25) is 4.57 Å². The van der Waals surface area contributed by atoms with Gasteiger partial charge in [0.25, 0.3) is 0 Å². The molecule has 0 aromatic rings. The van der Waals surface area contributed by atoms with Crippen molar-refractivity contribution < 1.29 is 18.5 Å². The van der Waals surface area contributed by atoms with Crippen molar-refractivity contribution in [1.29, 1.82) is 0 Å². The number of hydrogen-bond donors (Lipinski definition) is 1. The van der Waals surface area contributed by atoms with Crippen molar-refractivity contribution in [2.45, 2.75) is 96.8 Å². The summed E-state index contributed by atoms with van der Waals surface area (Å²) >= 11 is 0. The minimum Gasteiger partial charge on any atom is -0.329 e. The Morgan fingerprint density at radius 3 is 1.50 bits per heavy atom. The number of rotatable bonds is 19. The van der Waals surface area contributed by atoms with Crippen molar-refractivity contribution in [3.8, 4) is 0 Å². The van der Waals surface area contributed by atoms with Crippen LogP contribution in [0.4, 0.5) is 0 Å². The summed E-state index contributed by atoms with van der Waals surface area (Å²) in [6.45, 7) is 3.38. The van der Waals surface area contributed by atoms with Gasteiger partial charge < -0.3 is 13.9 Å². The Bertz CT molecular complexity index is 356. The highest BCUT2D eigenvalue weighted by molar-refractivity contribution is 7.52. The highest BCUT2D eigenvalue weighted by atomic mass is 31.2. The van der Waals surface area contributed by atoms with E-state index in [4.69, 9.17) is 4.52 Å². The lowest BCUT2D eigenvalue weighted by atomic mass is 10.0. The third-order valence-electron chi connectivity index (χ3n) is 4.85. The summed E-state index contributed by atoms with van der Waals surface area (Å²) in [5.74, 6) is 0. The van der Waals surface area contributed by atoms with Crippen LogP contribution in [0.3, 0.4) is 0 Å². The summed E-state index contributed by atoms with van der Waals surface area (Å²) in [4.78, 5) is 9.83. The van der Waals surface area contributed by atoms with E-state index in [1.165, 1.54) is 77.0 Å². The van der Waals surface area contributed by atoms with Gasteiger partial charge in [0.05, 0.1) is 21.1 Å². The maximum absolute atomic E-state index is 11.9. The van der Waals surface area contributed by atoms with Crippen molar-refractivity contribution in [1.82, 2.24) is 0 Å². The lowest BCUT2D eigenvalue weighted by molar-refractivity contribution is -0.870. The van der Waals surface area contributed by atoms with E-state index in [1.807, 2.05) is 0 Å². The van der Waals surface area contributed by atoms with E-state index in [0.717, 1.165) is 23.9 Å². The molecule has 0 bridgehead atoms. The van der Waals surface area contributed by atoms with E-state index in [1.54, 1.807) is 0 Å². The van der Waals surface area contributed by atoms with Crippen molar-refractivity contribution >= 4 is 7.60 Å². The molecule has 1 atom stereocenters. The first kappa shape index (κ1) is 26.1. The van der Waals surface area contributed by atoms with Gasteiger partial charge in [0, 0.05) is 6.16 Å². The first-order valence-corrected chi connectivity index (χ1v) is 12.8. The van der Waals surface area contributed by atoms with E-state index >= 15 is 0 Å². The number of nitrogens with zero attached hydrogens (tertiary/aromatic N) is 1. The second kappa shape index (κ2) is 16.1. The standard InChI is InChI=1S/C21H46NO3P/c1-5-6-7-8-9-10-11-12-13-14-15-16-17-18-21-26(23,24)25-20-19-22(2,3)4/h5-21H2,1-4H3/p+1. The molecular weight excluding hydrogens is 345 g/mol. The molecule has 0 amide bonds. The number of unbranched alkanes of at least 4 members (excludes halogenated alkanes) is 13. The average Bonchev–Trinajstić information content (AvgIpc) is 2.53. The fraction of sp³-hybridized carbons (Fsp3) is 1.00. The van der Waals surface area contributed by atoms with Gasteiger partial charge in [0.2, 0.25) is 0 Å². The molecule has 0 saturated carbocycles. The van der Waals surface area contributed by atoms with Gasteiger partial charge in [-0.15, -0.1) is 0 Å². The fourth-order valence-corrected chi connectivity index (χ4v) is 4.15. The van der Waals surface area contributed by atoms with Crippen LogP contribution in [0.25, 0.3) is 0 Å². The molecule has 4 nitrogen and oxygen atoms in total. The summed E-state index contributed by atoms with van der Waals surface area (Å²) in [5, 5.41) is 0. The van der Waals surface area contributed by atoms with E-state index in [-0.39, 0.29) is 0 Å². The third-order valence-corrected chi connectivity index (χ3v) is 6.32. The van der Waals surface area contributed by atoms with Crippen LogP contribution in [0.2, 0.25) is 0 Å². The Kier molecular flexibility index (Phi) is 16.2. The molecule has 1 N–H and O–H groups in total. The molecule has 0 aromatic heterocycles. The highest BCUT2D eigenvalue weighted by Crippen LogP contribution is 2.42. The molecule has 0 aromatic carbocycles. The number of quaternary nitrogens is 1. The van der Waals surface area contributed by atoms with Crippen molar-refractivity contribution in [2.24, 2.45) is 0 Å². The van der Waals surface area contributed by atoms with Crippen LogP contribution in [0.15, 0.2) is 0 Å². The monoisotopic (exact) mass is 392 g/mol. The lowest BCUT2D eigenvalue weighted by Crippen LogP contribution is -2.37. The zero-order chi connectivity index (χ0) is 19.7. The zero-order valence-electron chi connectivity index (χ0n) is 18.2. The van der Waals surface area contributed by atoms with Crippen molar-refractivity contribution in [2.75, 3.05) is 40.5 Å². The Morgan fingerprint density at radius 1 is 0.731 bits per heavy atom. The molecule has 158 valence electrons. The van der Waals surface area contributed by atoms with Gasteiger partial charge >= 0.3 is 7.60 Å². The summed E-state index contributed by atoms with van der Waals surface area (Å²) in [6, 6.07) is 0. The molecule has 0 rings (SSSR count). The first-order valence-electron chi connectivity index (χ1n) is 11.0. The molecule has 5 heteroatoms. The van der Waals surface area contributed by atoms with Crippen LogP contribution in [0.1, 0.15) is 96.8 Å². The molecule has 0 aliphatic heterocycles. The highest BCUT2D eigenvalue weighted by Gasteiger charge is 2.20. The largest absolute Gasteiger partial charge is 0.329 e. The SMILES string of the molecule is CCCCCCCCCCCCCCCCP(=O)(O)OCC[N+](C)(C)C. The molecule has 0 heterocycles. The molecule has 0 saturated heterocycles. The van der Waals surface area contributed by atoms with Gasteiger partial charge in [-0.1, -0.05) is 90.4 Å². The number of hydrogen-bond acceptors (Lipinski definition) is 2. The third kappa shape index (κ3) is 20.4. The Labute approximate surface area is 163 Å². The molecule has 0 aliphatic rings. The van der Waals surface area contributed by atoms with Gasteiger partial charge in [0.1, 0.15) is 13.2 Å². The second-order valence-corrected chi connectivity index (χ2v) is 10.8. The van der Waals surface area contributed by atoms with Crippen LogP contribution in [-0.4, -0.2) is 49.8 Å². The molecule has 1 unspecified atom stereocenters. The van der Waals surface area contributed by atoms with Crippen LogP contribution in [-0.2, 0) is 9.09 Å². The van der Waals surface area contributed by atoms with E-state index in [9.17, 15) is 9.46 Å². The van der Waals surface area contributed by atoms with Crippen LogP contribution >= 0.6 is 7.60 Å². The molecular formula is C21H47NO3P+. The quantitative estimate of drug-likeness (QED) is 0.158. The molecule has 0 fully saturated rings. The second-order valence-electron chi connectivity index (χ2n) is 8.80. The number of likely N-dealkylation sites (N-methyl/N-ethyl adjacent to an activating group) is 1. The van der Waals surface area contributed by atoms with Crippen LogP contribution in [0.5, 0.6) is 0 Å². The van der Waals surface area contributed by atoms with Gasteiger partial charge in [0.15, 0.2) is 0 Å². The maximum atomic E-state index is 11.9. The van der Waals surface area contributed by atoms with Crippen LogP contribution in [0, 0.1) is 0 Å². The molecule has 0 radical (unpaired) electrons. The predicted molar refractivity (Wildman–Crippen MR) is 114 cm³/mol. The Balaban J connectivity index is 3.33. The first-order chi connectivity index (χ1) is 12.3. The Morgan fingerprint density at radius 2 is 1.12 bits per heavy atom. The van der Waals surface area contributed by atoms with E-state index in [0.29, 0.717) is 12.8 Å². The normalized spacial score (nSPS) is 14.5. The lowest BCUT2D eigenvalue weighted by Gasteiger charge is -2.24. The minimum atomic E-state index is -3.37. The summed E-state index contributed by atoms with van der Waals surface area (Å²) in [6.07, 6.45) is 18.4. The van der Waals surface area contributed by atoms with E-state index in [2.05, 4.69) is 28.1 Å². The fourth-order valence-electron chi connectivity index (χ4n) is 3.03.